The maximum absolute atomic E-state index is 11.6. The van der Waals surface area contributed by atoms with Crippen molar-refractivity contribution in [2.45, 2.75) is 25.7 Å². The van der Waals surface area contributed by atoms with Gasteiger partial charge in [0.15, 0.2) is 0 Å². The molecule has 0 bridgehead atoms. The number of para-hydroxylation sites is 1. The third-order valence-electron chi connectivity index (χ3n) is 2.80. The van der Waals surface area contributed by atoms with Crippen LogP contribution in [-0.4, -0.2) is 31.0 Å². The third-order valence-corrected chi connectivity index (χ3v) is 3.49. The van der Waals surface area contributed by atoms with Gasteiger partial charge in [-0.25, -0.2) is 0 Å². The Morgan fingerprint density at radius 3 is 2.58 bits per heavy atom. The number of hydrogen-bond acceptors (Lipinski definition) is 3. The largest absolute Gasteiger partial charge is 0.325 e. The molecule has 0 unspecified atom stereocenters. The molecule has 2 N–H and O–H groups in total. The summed E-state index contributed by atoms with van der Waals surface area (Å²) in [5, 5.41) is 6.04. The van der Waals surface area contributed by atoms with Gasteiger partial charge in [-0.05, 0) is 43.5 Å². The van der Waals surface area contributed by atoms with Crippen LogP contribution >= 0.6 is 11.8 Å². The van der Waals surface area contributed by atoms with Crippen LogP contribution in [0.1, 0.15) is 25.7 Å². The molecule has 0 saturated heterocycles. The molecule has 106 valence electrons. The number of carbonyl (C=O) groups is 1. The Kier molecular flexibility index (Phi) is 9.19. The SMILES string of the molecule is CSCCCCCCNCC(=O)Nc1ccccc1. The highest BCUT2D eigenvalue weighted by Gasteiger charge is 2.00. The smallest absolute Gasteiger partial charge is 0.238 e. The second-order valence-electron chi connectivity index (χ2n) is 4.50. The van der Waals surface area contributed by atoms with Gasteiger partial charge in [-0.3, -0.25) is 4.79 Å². The number of unbranched alkanes of at least 4 members (excludes halogenated alkanes) is 3. The Bertz CT molecular complexity index is 343. The molecule has 1 rings (SSSR count). The van der Waals surface area contributed by atoms with Crippen molar-refractivity contribution in [3.8, 4) is 0 Å². The highest BCUT2D eigenvalue weighted by molar-refractivity contribution is 7.98. The first kappa shape index (κ1) is 16.1. The van der Waals surface area contributed by atoms with Gasteiger partial charge in [0, 0.05) is 5.69 Å². The number of rotatable bonds is 10. The average molecular weight is 280 g/mol. The Hall–Kier alpha value is -1.00. The lowest BCUT2D eigenvalue weighted by atomic mass is 10.2. The van der Waals surface area contributed by atoms with Crippen LogP contribution < -0.4 is 10.6 Å². The van der Waals surface area contributed by atoms with Crippen molar-refractivity contribution in [3.05, 3.63) is 30.3 Å². The topological polar surface area (TPSA) is 41.1 Å². The number of thioether (sulfide) groups is 1. The van der Waals surface area contributed by atoms with E-state index in [0.29, 0.717) is 6.54 Å². The second-order valence-corrected chi connectivity index (χ2v) is 5.48. The lowest BCUT2D eigenvalue weighted by Crippen LogP contribution is -2.28. The maximum Gasteiger partial charge on any atom is 0.238 e. The summed E-state index contributed by atoms with van der Waals surface area (Å²) in [5.74, 6) is 1.28. The van der Waals surface area contributed by atoms with Crippen molar-refractivity contribution in [2.24, 2.45) is 0 Å². The van der Waals surface area contributed by atoms with Crippen molar-refractivity contribution >= 4 is 23.4 Å². The monoisotopic (exact) mass is 280 g/mol. The number of nitrogens with one attached hydrogen (secondary N) is 2. The number of carbonyl (C=O) groups excluding carboxylic acids is 1. The molecule has 1 amide bonds. The fourth-order valence-corrected chi connectivity index (χ4v) is 2.27. The van der Waals surface area contributed by atoms with Crippen molar-refractivity contribution < 1.29 is 4.79 Å². The van der Waals surface area contributed by atoms with E-state index in [4.69, 9.17) is 0 Å². The lowest BCUT2D eigenvalue weighted by molar-refractivity contribution is -0.115. The normalized spacial score (nSPS) is 10.4. The summed E-state index contributed by atoms with van der Waals surface area (Å²) >= 11 is 1.91. The van der Waals surface area contributed by atoms with Crippen LogP contribution in [0.15, 0.2) is 30.3 Å². The van der Waals surface area contributed by atoms with Gasteiger partial charge >= 0.3 is 0 Å². The van der Waals surface area contributed by atoms with Crippen LogP contribution in [0.4, 0.5) is 5.69 Å². The number of benzene rings is 1. The molecule has 3 nitrogen and oxygen atoms in total. The minimum atomic E-state index is 0.0218. The third kappa shape index (κ3) is 8.67. The molecule has 19 heavy (non-hydrogen) atoms. The van der Waals surface area contributed by atoms with E-state index in [9.17, 15) is 4.79 Å². The van der Waals surface area contributed by atoms with Crippen LogP contribution in [0.5, 0.6) is 0 Å². The van der Waals surface area contributed by atoms with Gasteiger partial charge in [-0.15, -0.1) is 0 Å². The number of amides is 1. The molecule has 0 aliphatic carbocycles. The molecule has 0 atom stereocenters. The van der Waals surface area contributed by atoms with E-state index >= 15 is 0 Å². The Morgan fingerprint density at radius 1 is 1.11 bits per heavy atom. The van der Waals surface area contributed by atoms with Crippen molar-refractivity contribution in [1.82, 2.24) is 5.32 Å². The Labute approximate surface area is 120 Å². The van der Waals surface area contributed by atoms with Crippen LogP contribution in [0.3, 0.4) is 0 Å². The van der Waals surface area contributed by atoms with Crippen LogP contribution in [0, 0.1) is 0 Å². The zero-order valence-electron chi connectivity index (χ0n) is 11.7. The Balaban J connectivity index is 1.96. The summed E-state index contributed by atoms with van der Waals surface area (Å²) < 4.78 is 0. The number of hydrogen-bond donors (Lipinski definition) is 2. The predicted octanol–water partition coefficient (Wildman–Crippen LogP) is 3.14. The molecule has 0 aliphatic heterocycles. The minimum absolute atomic E-state index is 0.0218. The fourth-order valence-electron chi connectivity index (χ4n) is 1.78. The van der Waals surface area contributed by atoms with E-state index in [-0.39, 0.29) is 5.91 Å². The van der Waals surface area contributed by atoms with E-state index in [0.717, 1.165) is 18.7 Å². The molecule has 0 fully saturated rings. The standard InChI is InChI=1S/C15H24N2OS/c1-19-12-8-3-2-7-11-16-13-15(18)17-14-9-5-4-6-10-14/h4-6,9-10,16H,2-3,7-8,11-13H2,1H3,(H,17,18). The fraction of sp³-hybridized carbons (Fsp3) is 0.533. The quantitative estimate of drug-likeness (QED) is 0.647. The summed E-state index contributed by atoms with van der Waals surface area (Å²) in [5.41, 5.74) is 0.853. The van der Waals surface area contributed by atoms with Gasteiger partial charge in [0.2, 0.25) is 5.91 Å². The van der Waals surface area contributed by atoms with Gasteiger partial charge < -0.3 is 10.6 Å². The predicted molar refractivity (Wildman–Crippen MR) is 84.8 cm³/mol. The maximum atomic E-state index is 11.6. The van der Waals surface area contributed by atoms with E-state index in [1.807, 2.05) is 42.1 Å². The lowest BCUT2D eigenvalue weighted by Gasteiger charge is -2.06. The molecule has 0 aliphatic rings. The highest BCUT2D eigenvalue weighted by atomic mass is 32.2. The minimum Gasteiger partial charge on any atom is -0.325 e. The number of anilines is 1. The zero-order valence-corrected chi connectivity index (χ0v) is 12.5. The highest BCUT2D eigenvalue weighted by Crippen LogP contribution is 2.05. The van der Waals surface area contributed by atoms with Gasteiger partial charge in [0.1, 0.15) is 0 Å². The molecule has 0 saturated carbocycles. The van der Waals surface area contributed by atoms with Gasteiger partial charge in [-0.1, -0.05) is 31.0 Å². The molecule has 0 heterocycles. The van der Waals surface area contributed by atoms with Gasteiger partial charge in [0.05, 0.1) is 6.54 Å². The van der Waals surface area contributed by atoms with Crippen molar-refractivity contribution in [2.75, 3.05) is 30.4 Å². The molecule has 1 aromatic carbocycles. The molecule has 0 spiro atoms. The zero-order chi connectivity index (χ0) is 13.8. The molecule has 4 heteroatoms. The van der Waals surface area contributed by atoms with E-state index in [1.165, 1.54) is 25.0 Å². The first-order valence-electron chi connectivity index (χ1n) is 6.87. The summed E-state index contributed by atoms with van der Waals surface area (Å²) in [4.78, 5) is 11.6. The summed E-state index contributed by atoms with van der Waals surface area (Å²) in [7, 11) is 0. The first-order chi connectivity index (χ1) is 9.33. The van der Waals surface area contributed by atoms with E-state index in [1.54, 1.807) is 0 Å². The Morgan fingerprint density at radius 2 is 1.84 bits per heavy atom. The summed E-state index contributed by atoms with van der Waals surface area (Å²) in [6.45, 7) is 1.31. The van der Waals surface area contributed by atoms with Crippen LogP contribution in [-0.2, 0) is 4.79 Å². The summed E-state index contributed by atoms with van der Waals surface area (Å²) in [6, 6.07) is 9.55. The molecular formula is C15H24N2OS. The van der Waals surface area contributed by atoms with Gasteiger partial charge in [-0.2, -0.15) is 11.8 Å². The van der Waals surface area contributed by atoms with Crippen LogP contribution in [0.25, 0.3) is 0 Å². The van der Waals surface area contributed by atoms with Crippen molar-refractivity contribution in [3.63, 3.8) is 0 Å². The first-order valence-corrected chi connectivity index (χ1v) is 8.27. The van der Waals surface area contributed by atoms with Crippen LogP contribution in [0.2, 0.25) is 0 Å². The molecule has 0 radical (unpaired) electrons. The second kappa shape index (κ2) is 10.9. The molecule has 1 aromatic rings. The summed E-state index contributed by atoms with van der Waals surface area (Å²) in [6.07, 6.45) is 7.13. The van der Waals surface area contributed by atoms with Crippen molar-refractivity contribution in [1.29, 1.82) is 0 Å². The average Bonchev–Trinajstić information content (AvgIpc) is 2.43. The van der Waals surface area contributed by atoms with Gasteiger partial charge in [0.25, 0.3) is 0 Å². The molecular weight excluding hydrogens is 256 g/mol. The molecule has 0 aromatic heterocycles. The van der Waals surface area contributed by atoms with E-state index < -0.39 is 0 Å². The van der Waals surface area contributed by atoms with E-state index in [2.05, 4.69) is 16.9 Å².